The Morgan fingerprint density at radius 3 is 2.34 bits per heavy atom. The van der Waals surface area contributed by atoms with Gasteiger partial charge in [-0.25, -0.2) is 9.18 Å². The summed E-state index contributed by atoms with van der Waals surface area (Å²) >= 11 is 0. The molecular formula is C26H25FN2O3. The number of carboxylic acids is 1. The molecule has 164 valence electrons. The largest absolute Gasteiger partial charge is 0.497 e. The fourth-order valence-electron chi connectivity index (χ4n) is 3.93. The highest BCUT2D eigenvalue weighted by atomic mass is 19.1. The highest BCUT2D eigenvalue weighted by Crippen LogP contribution is 2.31. The second-order valence-corrected chi connectivity index (χ2v) is 7.82. The monoisotopic (exact) mass is 432 g/mol. The Bertz CT molecular complexity index is 1250. The van der Waals surface area contributed by atoms with Crippen LogP contribution < -0.4 is 10.1 Å². The lowest BCUT2D eigenvalue weighted by Gasteiger charge is -2.11. The van der Waals surface area contributed by atoms with E-state index in [1.54, 1.807) is 19.2 Å². The normalized spacial score (nSPS) is 11.1. The molecule has 1 heterocycles. The van der Waals surface area contributed by atoms with Crippen LogP contribution in [0.2, 0.25) is 0 Å². The first-order chi connectivity index (χ1) is 15.5. The van der Waals surface area contributed by atoms with Crippen molar-refractivity contribution in [3.8, 4) is 5.75 Å². The first-order valence-electron chi connectivity index (χ1n) is 10.4. The lowest BCUT2D eigenvalue weighted by molar-refractivity contribution is 0.0684. The number of hydrogen-bond acceptors (Lipinski definition) is 3. The third-order valence-corrected chi connectivity index (χ3v) is 5.58. The number of fused-ring (bicyclic) bond motifs is 1. The molecule has 0 atom stereocenters. The van der Waals surface area contributed by atoms with Crippen LogP contribution in [0, 0.1) is 12.7 Å². The zero-order valence-corrected chi connectivity index (χ0v) is 18.1. The van der Waals surface area contributed by atoms with Crippen LogP contribution >= 0.6 is 0 Å². The lowest BCUT2D eigenvalue weighted by atomic mass is 10.1. The van der Waals surface area contributed by atoms with Gasteiger partial charge in [0, 0.05) is 36.7 Å². The van der Waals surface area contributed by atoms with Crippen LogP contribution in [-0.2, 0) is 19.6 Å². The third kappa shape index (κ3) is 4.50. The van der Waals surface area contributed by atoms with Crippen LogP contribution in [0.15, 0.2) is 66.7 Å². The standard InChI is InChI=1S/C26H25FN2O3/c1-17-3-5-19(6-4-17)16-29-24-13-21(32-2)11-12-22(24)23(25(29)26(30)31)15-28-14-18-7-9-20(27)10-8-18/h3-13,28H,14-16H2,1-2H3,(H,30,31). The molecule has 3 aromatic carbocycles. The maximum Gasteiger partial charge on any atom is 0.352 e. The van der Waals surface area contributed by atoms with Crippen molar-refractivity contribution in [2.75, 3.05) is 7.11 Å². The summed E-state index contributed by atoms with van der Waals surface area (Å²) in [7, 11) is 1.59. The Labute approximate surface area is 186 Å². The van der Waals surface area contributed by atoms with E-state index in [2.05, 4.69) is 5.32 Å². The van der Waals surface area contributed by atoms with Crippen molar-refractivity contribution in [1.82, 2.24) is 9.88 Å². The Morgan fingerprint density at radius 2 is 1.69 bits per heavy atom. The maximum atomic E-state index is 13.2. The second-order valence-electron chi connectivity index (χ2n) is 7.82. The number of methoxy groups -OCH3 is 1. The summed E-state index contributed by atoms with van der Waals surface area (Å²) in [5.41, 5.74) is 4.86. The number of carboxylic acid groups (broad SMARTS) is 1. The number of hydrogen-bond donors (Lipinski definition) is 2. The van der Waals surface area contributed by atoms with E-state index in [1.165, 1.54) is 12.1 Å². The molecule has 32 heavy (non-hydrogen) atoms. The van der Waals surface area contributed by atoms with Gasteiger partial charge in [0.2, 0.25) is 0 Å². The third-order valence-electron chi connectivity index (χ3n) is 5.58. The number of aryl methyl sites for hydroxylation is 1. The Hall–Kier alpha value is -3.64. The quantitative estimate of drug-likeness (QED) is 0.405. The van der Waals surface area contributed by atoms with Crippen molar-refractivity contribution >= 4 is 16.9 Å². The summed E-state index contributed by atoms with van der Waals surface area (Å²) in [5.74, 6) is -0.594. The zero-order chi connectivity index (χ0) is 22.7. The first kappa shape index (κ1) is 21.6. The van der Waals surface area contributed by atoms with Crippen molar-refractivity contribution in [3.05, 3.63) is 100 Å². The zero-order valence-electron chi connectivity index (χ0n) is 18.1. The van der Waals surface area contributed by atoms with Gasteiger partial charge in [0.15, 0.2) is 0 Å². The van der Waals surface area contributed by atoms with E-state index >= 15 is 0 Å². The van der Waals surface area contributed by atoms with Gasteiger partial charge >= 0.3 is 5.97 Å². The Morgan fingerprint density at radius 1 is 1.00 bits per heavy atom. The van der Waals surface area contributed by atoms with Crippen LogP contribution in [0.5, 0.6) is 5.75 Å². The van der Waals surface area contributed by atoms with Crippen LogP contribution in [0.1, 0.15) is 32.7 Å². The fourth-order valence-corrected chi connectivity index (χ4v) is 3.93. The number of nitrogens with one attached hydrogen (secondary N) is 1. The topological polar surface area (TPSA) is 63.5 Å². The van der Waals surface area contributed by atoms with E-state index in [1.807, 2.05) is 54.0 Å². The van der Waals surface area contributed by atoms with Crippen LogP contribution in [0.25, 0.3) is 10.9 Å². The minimum atomic E-state index is -0.981. The maximum absolute atomic E-state index is 13.2. The number of halogens is 1. The molecule has 0 aliphatic carbocycles. The van der Waals surface area contributed by atoms with Crippen LogP contribution in [-0.4, -0.2) is 22.8 Å². The van der Waals surface area contributed by atoms with E-state index in [4.69, 9.17) is 4.74 Å². The van der Waals surface area contributed by atoms with E-state index < -0.39 is 5.97 Å². The molecule has 0 amide bonds. The van der Waals surface area contributed by atoms with Crippen molar-refractivity contribution in [3.63, 3.8) is 0 Å². The number of aromatic carboxylic acids is 1. The predicted molar refractivity (Wildman–Crippen MR) is 123 cm³/mol. The van der Waals surface area contributed by atoms with Gasteiger partial charge in [0.1, 0.15) is 17.3 Å². The van der Waals surface area contributed by atoms with Gasteiger partial charge in [-0.05, 0) is 42.3 Å². The summed E-state index contributed by atoms with van der Waals surface area (Å²) in [4.78, 5) is 12.4. The highest BCUT2D eigenvalue weighted by Gasteiger charge is 2.23. The minimum absolute atomic E-state index is 0.250. The molecule has 0 aliphatic heterocycles. The smallest absolute Gasteiger partial charge is 0.352 e. The lowest BCUT2D eigenvalue weighted by Crippen LogP contribution is -2.17. The van der Waals surface area contributed by atoms with Gasteiger partial charge in [0.25, 0.3) is 0 Å². The molecule has 5 nitrogen and oxygen atoms in total. The number of nitrogens with zero attached hydrogens (tertiary/aromatic N) is 1. The molecule has 0 saturated carbocycles. The van der Waals surface area contributed by atoms with Crippen LogP contribution in [0.4, 0.5) is 4.39 Å². The average molecular weight is 432 g/mol. The molecule has 0 saturated heterocycles. The van der Waals surface area contributed by atoms with E-state index in [-0.39, 0.29) is 11.5 Å². The molecular weight excluding hydrogens is 407 g/mol. The summed E-state index contributed by atoms with van der Waals surface area (Å²) in [6.07, 6.45) is 0. The molecule has 4 rings (SSSR count). The molecule has 0 radical (unpaired) electrons. The van der Waals surface area contributed by atoms with Gasteiger partial charge in [-0.3, -0.25) is 0 Å². The summed E-state index contributed by atoms with van der Waals surface area (Å²) in [5, 5.41) is 14.3. The second kappa shape index (κ2) is 9.24. The van der Waals surface area contributed by atoms with E-state index in [0.29, 0.717) is 30.9 Å². The van der Waals surface area contributed by atoms with Gasteiger partial charge < -0.3 is 19.7 Å². The summed E-state index contributed by atoms with van der Waals surface area (Å²) in [6.45, 7) is 3.32. The minimum Gasteiger partial charge on any atom is -0.497 e. The fraction of sp³-hybridized carbons (Fsp3) is 0.192. The van der Waals surface area contributed by atoms with Crippen LogP contribution in [0.3, 0.4) is 0 Å². The SMILES string of the molecule is COc1ccc2c(CNCc3ccc(F)cc3)c(C(=O)O)n(Cc3ccc(C)cc3)c2c1. The van der Waals surface area contributed by atoms with Crippen molar-refractivity contribution in [2.45, 2.75) is 26.6 Å². The van der Waals surface area contributed by atoms with Crippen molar-refractivity contribution in [2.24, 2.45) is 0 Å². The van der Waals surface area contributed by atoms with E-state index in [9.17, 15) is 14.3 Å². The molecule has 0 aliphatic rings. The van der Waals surface area contributed by atoms with Gasteiger partial charge in [-0.2, -0.15) is 0 Å². The van der Waals surface area contributed by atoms with Crippen molar-refractivity contribution < 1.29 is 19.0 Å². The Kier molecular flexibility index (Phi) is 6.23. The summed E-state index contributed by atoms with van der Waals surface area (Å²) < 4.78 is 20.4. The molecule has 0 spiro atoms. The summed E-state index contributed by atoms with van der Waals surface area (Å²) in [6, 6.07) is 19.9. The first-order valence-corrected chi connectivity index (χ1v) is 10.4. The van der Waals surface area contributed by atoms with Gasteiger partial charge in [-0.1, -0.05) is 42.0 Å². The van der Waals surface area contributed by atoms with Crippen molar-refractivity contribution in [1.29, 1.82) is 0 Å². The molecule has 1 aromatic heterocycles. The molecule has 0 unspecified atom stereocenters. The van der Waals surface area contributed by atoms with Gasteiger partial charge in [0.05, 0.1) is 12.6 Å². The predicted octanol–water partition coefficient (Wildman–Crippen LogP) is 5.13. The number of rotatable bonds is 8. The van der Waals surface area contributed by atoms with Gasteiger partial charge in [-0.15, -0.1) is 0 Å². The molecule has 0 fully saturated rings. The average Bonchev–Trinajstić information content (AvgIpc) is 3.09. The number of aromatic nitrogens is 1. The molecule has 0 bridgehead atoms. The Balaban J connectivity index is 1.73. The highest BCUT2D eigenvalue weighted by molar-refractivity contribution is 5.98. The molecule has 4 aromatic rings. The molecule has 2 N–H and O–H groups in total. The van der Waals surface area contributed by atoms with E-state index in [0.717, 1.165) is 27.6 Å². The number of ether oxygens (including phenoxy) is 1. The number of benzene rings is 3. The number of carbonyl (C=O) groups is 1. The molecule has 6 heteroatoms.